The van der Waals surface area contributed by atoms with Gasteiger partial charge >= 0.3 is 5.97 Å². The van der Waals surface area contributed by atoms with Crippen molar-refractivity contribution in [1.29, 1.82) is 0 Å². The van der Waals surface area contributed by atoms with Crippen molar-refractivity contribution in [3.8, 4) is 0 Å². The van der Waals surface area contributed by atoms with E-state index >= 15 is 0 Å². The highest BCUT2D eigenvalue weighted by Crippen LogP contribution is 2.20. The van der Waals surface area contributed by atoms with Gasteiger partial charge in [0.25, 0.3) is 0 Å². The molecular formula is C7H12O2. The van der Waals surface area contributed by atoms with Gasteiger partial charge in [-0.05, 0) is 12.3 Å². The van der Waals surface area contributed by atoms with E-state index in [2.05, 4.69) is 6.92 Å². The van der Waals surface area contributed by atoms with Crippen LogP contribution >= 0.6 is 0 Å². The van der Waals surface area contributed by atoms with E-state index in [1.54, 1.807) is 0 Å². The second kappa shape index (κ2) is 2.38. The molecule has 52 valence electrons. The van der Waals surface area contributed by atoms with Crippen LogP contribution in [0.5, 0.6) is 0 Å². The van der Waals surface area contributed by atoms with Gasteiger partial charge in [0, 0.05) is 0 Å². The maximum atomic E-state index is 10.8. The molecule has 0 radical (unpaired) electrons. The van der Waals surface area contributed by atoms with Gasteiger partial charge in [-0.25, -0.2) is 0 Å². The maximum Gasteiger partial charge on any atom is 0.308 e. The zero-order valence-electron chi connectivity index (χ0n) is 5.89. The van der Waals surface area contributed by atoms with Gasteiger partial charge in [-0.2, -0.15) is 0 Å². The molecule has 0 N–H and O–H groups in total. The number of esters is 1. The number of cyclic esters (lactones) is 1. The van der Waals surface area contributed by atoms with Gasteiger partial charge < -0.3 is 4.74 Å². The van der Waals surface area contributed by atoms with Gasteiger partial charge in [0.15, 0.2) is 0 Å². The fraction of sp³-hybridized carbons (Fsp3) is 0.857. The Kier molecular flexibility index (Phi) is 1.74. The minimum atomic E-state index is -0.0336. The monoisotopic (exact) mass is 128 g/mol. The molecule has 1 rings (SSSR count). The lowest BCUT2D eigenvalue weighted by Crippen LogP contribution is -2.28. The Morgan fingerprint density at radius 2 is 2.22 bits per heavy atom. The maximum absolute atomic E-state index is 10.8. The second-order valence-electron chi connectivity index (χ2n) is 2.72. The smallest absolute Gasteiger partial charge is 0.308 e. The van der Waals surface area contributed by atoms with E-state index < -0.39 is 0 Å². The molecular weight excluding hydrogens is 116 g/mol. The summed E-state index contributed by atoms with van der Waals surface area (Å²) in [4.78, 5) is 10.8. The Morgan fingerprint density at radius 1 is 1.56 bits per heavy atom. The van der Waals surface area contributed by atoms with Crippen LogP contribution in [-0.4, -0.2) is 12.6 Å². The minimum absolute atomic E-state index is 0.0336. The molecule has 0 saturated carbocycles. The highest BCUT2D eigenvalue weighted by Gasteiger charge is 2.25. The first-order valence-corrected chi connectivity index (χ1v) is 3.38. The number of ether oxygens (including phenoxy) is 1. The third kappa shape index (κ3) is 1.23. The number of rotatable bonds is 0. The van der Waals surface area contributed by atoms with Gasteiger partial charge in [-0.3, -0.25) is 4.79 Å². The molecule has 2 heteroatoms. The van der Waals surface area contributed by atoms with Crippen LogP contribution in [-0.2, 0) is 9.53 Å². The lowest BCUT2D eigenvalue weighted by Gasteiger charge is -2.23. The van der Waals surface area contributed by atoms with E-state index in [4.69, 9.17) is 4.74 Å². The van der Waals surface area contributed by atoms with Gasteiger partial charge in [0.2, 0.25) is 0 Å². The molecule has 2 atom stereocenters. The molecule has 0 aromatic heterocycles. The van der Waals surface area contributed by atoms with E-state index in [0.717, 1.165) is 6.42 Å². The van der Waals surface area contributed by atoms with Crippen LogP contribution in [0, 0.1) is 11.8 Å². The molecule has 0 amide bonds. The summed E-state index contributed by atoms with van der Waals surface area (Å²) in [7, 11) is 0. The predicted octanol–water partition coefficient (Wildman–Crippen LogP) is 1.21. The van der Waals surface area contributed by atoms with Crippen LogP contribution in [0.3, 0.4) is 0 Å². The second-order valence-corrected chi connectivity index (χ2v) is 2.72. The minimum Gasteiger partial charge on any atom is -0.465 e. The molecule has 1 heterocycles. The summed E-state index contributed by atoms with van der Waals surface area (Å²) in [5.74, 6) is 0.582. The molecule has 0 aromatic carbocycles. The lowest BCUT2D eigenvalue weighted by atomic mass is 9.91. The average Bonchev–Trinajstić information content (AvgIpc) is 1.83. The summed E-state index contributed by atoms with van der Waals surface area (Å²) in [5, 5.41) is 0. The van der Waals surface area contributed by atoms with Crippen molar-refractivity contribution >= 4 is 5.97 Å². The van der Waals surface area contributed by atoms with Crippen LogP contribution in [0.15, 0.2) is 0 Å². The van der Waals surface area contributed by atoms with Gasteiger partial charge in [-0.15, -0.1) is 0 Å². The molecule has 2 nitrogen and oxygen atoms in total. The van der Waals surface area contributed by atoms with Crippen LogP contribution in [0.1, 0.15) is 20.3 Å². The van der Waals surface area contributed by atoms with E-state index in [0.29, 0.717) is 12.5 Å². The largest absolute Gasteiger partial charge is 0.465 e. The highest BCUT2D eigenvalue weighted by atomic mass is 16.5. The van der Waals surface area contributed by atoms with E-state index in [9.17, 15) is 4.79 Å². The van der Waals surface area contributed by atoms with Crippen molar-refractivity contribution in [2.75, 3.05) is 6.61 Å². The summed E-state index contributed by atoms with van der Waals surface area (Å²) in [6.07, 6.45) is 1.02. The van der Waals surface area contributed by atoms with Gasteiger partial charge in [-0.1, -0.05) is 13.8 Å². The number of hydrogen-bond donors (Lipinski definition) is 0. The number of hydrogen-bond acceptors (Lipinski definition) is 2. The quantitative estimate of drug-likeness (QED) is 0.458. The van der Waals surface area contributed by atoms with Crippen LogP contribution in [0.4, 0.5) is 0 Å². The third-order valence-corrected chi connectivity index (χ3v) is 2.04. The Morgan fingerprint density at radius 3 is 2.67 bits per heavy atom. The SMILES string of the molecule is C[C@@H]1C(=O)OCC[C@@H]1C. The Hall–Kier alpha value is -0.530. The molecule has 0 spiro atoms. The topological polar surface area (TPSA) is 26.3 Å². The van der Waals surface area contributed by atoms with Crippen molar-refractivity contribution in [3.05, 3.63) is 0 Å². The molecule has 1 fully saturated rings. The summed E-state index contributed by atoms with van der Waals surface area (Å²) < 4.78 is 4.82. The van der Waals surface area contributed by atoms with E-state index in [1.807, 2.05) is 6.92 Å². The van der Waals surface area contributed by atoms with Crippen molar-refractivity contribution < 1.29 is 9.53 Å². The van der Waals surface area contributed by atoms with Crippen LogP contribution < -0.4 is 0 Å². The van der Waals surface area contributed by atoms with E-state index in [1.165, 1.54) is 0 Å². The summed E-state index contributed by atoms with van der Waals surface area (Å²) in [6, 6.07) is 0. The fourth-order valence-electron chi connectivity index (χ4n) is 0.959. The van der Waals surface area contributed by atoms with E-state index in [-0.39, 0.29) is 11.9 Å². The zero-order valence-corrected chi connectivity index (χ0v) is 5.89. The number of carbonyl (C=O) groups is 1. The number of carbonyl (C=O) groups excluding carboxylic acids is 1. The summed E-state index contributed by atoms with van der Waals surface area (Å²) in [6.45, 7) is 4.63. The van der Waals surface area contributed by atoms with Crippen molar-refractivity contribution in [3.63, 3.8) is 0 Å². The lowest BCUT2D eigenvalue weighted by molar-refractivity contribution is -0.155. The summed E-state index contributed by atoms with van der Waals surface area (Å²) in [5.41, 5.74) is 0. The highest BCUT2D eigenvalue weighted by molar-refractivity contribution is 5.72. The van der Waals surface area contributed by atoms with Crippen LogP contribution in [0.25, 0.3) is 0 Å². The molecule has 0 aliphatic carbocycles. The molecule has 1 aliphatic rings. The fourth-order valence-corrected chi connectivity index (χ4v) is 0.959. The zero-order chi connectivity index (χ0) is 6.85. The molecule has 9 heavy (non-hydrogen) atoms. The Balaban J connectivity index is 2.51. The van der Waals surface area contributed by atoms with Crippen molar-refractivity contribution in [2.45, 2.75) is 20.3 Å². The Labute approximate surface area is 55.2 Å². The molecule has 1 saturated heterocycles. The van der Waals surface area contributed by atoms with Crippen molar-refractivity contribution in [1.82, 2.24) is 0 Å². The normalized spacial score (nSPS) is 36.0. The van der Waals surface area contributed by atoms with Gasteiger partial charge in [0.1, 0.15) is 0 Å². The molecule has 0 unspecified atom stereocenters. The first-order valence-electron chi connectivity index (χ1n) is 3.38. The first-order chi connectivity index (χ1) is 4.22. The van der Waals surface area contributed by atoms with Gasteiger partial charge in [0.05, 0.1) is 12.5 Å². The molecule has 0 bridgehead atoms. The molecule has 0 aromatic rings. The van der Waals surface area contributed by atoms with Crippen molar-refractivity contribution in [2.24, 2.45) is 11.8 Å². The molecule has 1 aliphatic heterocycles. The average molecular weight is 128 g/mol. The Bertz CT molecular complexity index is 120. The third-order valence-electron chi connectivity index (χ3n) is 2.04. The summed E-state index contributed by atoms with van der Waals surface area (Å²) >= 11 is 0. The standard InChI is InChI=1S/C7H12O2/c1-5-3-4-9-7(8)6(5)2/h5-6H,3-4H2,1-2H3/t5-,6-/m0/s1. The van der Waals surface area contributed by atoms with Crippen LogP contribution in [0.2, 0.25) is 0 Å². The first kappa shape index (κ1) is 6.59. The predicted molar refractivity (Wildman–Crippen MR) is 33.9 cm³/mol.